The summed E-state index contributed by atoms with van der Waals surface area (Å²) in [5.74, 6) is -4.46. The molecule has 2 aliphatic heterocycles. The largest absolute Gasteiger partial charge is 0.324 e. The Morgan fingerprint density at radius 1 is 1.14 bits per heavy atom. The number of nitrogens with zero attached hydrogens (tertiary/aromatic N) is 1. The van der Waals surface area contributed by atoms with Crippen LogP contribution >= 0.6 is 11.6 Å². The smallest absolute Gasteiger partial charge is 0.248 e. The molecule has 0 radical (unpaired) electrons. The fourth-order valence-corrected chi connectivity index (χ4v) is 8.68. The van der Waals surface area contributed by atoms with Gasteiger partial charge in [-0.25, -0.2) is 21.6 Å². The minimum absolute atomic E-state index is 0.105. The number of amides is 1. The van der Waals surface area contributed by atoms with Crippen LogP contribution in [0.4, 0.5) is 18.9 Å². The van der Waals surface area contributed by atoms with Crippen molar-refractivity contribution in [2.24, 2.45) is 11.7 Å². The molecule has 2 aromatic rings. The van der Waals surface area contributed by atoms with Gasteiger partial charge in [0.05, 0.1) is 11.8 Å². The first-order valence-electron chi connectivity index (χ1n) is 14.6. The minimum Gasteiger partial charge on any atom is -0.324 e. The average Bonchev–Trinajstić information content (AvgIpc) is 3.06. The molecule has 0 spiro atoms. The van der Waals surface area contributed by atoms with Crippen LogP contribution in [0, 0.1) is 11.7 Å². The molecule has 4 N–H and O–H groups in total. The summed E-state index contributed by atoms with van der Waals surface area (Å²) in [5.41, 5.74) is 7.82. The second-order valence-corrected chi connectivity index (χ2v) is 14.4. The summed E-state index contributed by atoms with van der Waals surface area (Å²) in [4.78, 5) is 13.6. The van der Waals surface area contributed by atoms with Crippen LogP contribution in [0.2, 0.25) is 5.02 Å². The number of carbonyl (C=O) groups is 1. The van der Waals surface area contributed by atoms with E-state index in [0.717, 1.165) is 12.0 Å². The predicted octanol–water partition coefficient (Wildman–Crippen LogP) is 5.05. The molecule has 5 atom stereocenters. The zero-order chi connectivity index (χ0) is 30.1. The first kappa shape index (κ1) is 31.3. The summed E-state index contributed by atoms with van der Waals surface area (Å²) in [7, 11) is -3.39. The molecule has 12 heteroatoms. The summed E-state index contributed by atoms with van der Waals surface area (Å²) >= 11 is 6.07. The first-order chi connectivity index (χ1) is 19.9. The molecular formula is C30H38ClF3N4O3S. The van der Waals surface area contributed by atoms with Crippen molar-refractivity contribution in [2.45, 2.75) is 81.3 Å². The van der Waals surface area contributed by atoms with E-state index in [9.17, 15) is 22.0 Å². The number of anilines is 1. The van der Waals surface area contributed by atoms with E-state index in [1.807, 2.05) is 0 Å². The number of carbonyl (C=O) groups excluding carboxylic acids is 1. The summed E-state index contributed by atoms with van der Waals surface area (Å²) in [6.45, 7) is 0.885. The van der Waals surface area contributed by atoms with Gasteiger partial charge in [-0.2, -0.15) is 4.31 Å². The number of hydrogen-bond donors (Lipinski definition) is 3. The fraction of sp³-hybridized carbons (Fsp3) is 0.567. The lowest BCUT2D eigenvalue weighted by molar-refractivity contribution is -0.118. The van der Waals surface area contributed by atoms with Gasteiger partial charge in [0.25, 0.3) is 0 Å². The highest BCUT2D eigenvalue weighted by Gasteiger charge is 2.42. The predicted molar refractivity (Wildman–Crippen MR) is 158 cm³/mol. The summed E-state index contributed by atoms with van der Waals surface area (Å²) < 4.78 is 70.3. The van der Waals surface area contributed by atoms with Crippen molar-refractivity contribution in [1.29, 1.82) is 0 Å². The second-order valence-electron chi connectivity index (χ2n) is 11.9. The summed E-state index contributed by atoms with van der Waals surface area (Å²) in [6.07, 6.45) is 1.89. The lowest BCUT2D eigenvalue weighted by Crippen LogP contribution is -2.57. The van der Waals surface area contributed by atoms with Crippen molar-refractivity contribution in [3.05, 3.63) is 64.4 Å². The Kier molecular flexibility index (Phi) is 9.54. The minimum atomic E-state index is -3.39. The molecule has 42 heavy (non-hydrogen) atoms. The number of benzene rings is 2. The number of hydrogen-bond acceptors (Lipinski definition) is 5. The lowest BCUT2D eigenvalue weighted by atomic mass is 9.72. The maximum Gasteiger partial charge on any atom is 0.248 e. The lowest BCUT2D eigenvalue weighted by Gasteiger charge is -2.37. The molecule has 7 nitrogen and oxygen atoms in total. The standard InChI is InChI=1S/C30H38ClF3N4O3S/c31-21-8-6-19(7-9-21)27(20-12-14-30(33,34)15-13-20)28(35)29(39)37-26-5-1-4-25(32)24(26)11-10-23-17-36-22-3-2-16-42(40,41)38(23)18-22/h1,4-9,20,22-23,27-28,36H,2-3,10-18,35H2,(H,37,39)/t22?,23?,27-,28-/m0/s1. The van der Waals surface area contributed by atoms with E-state index in [2.05, 4.69) is 10.6 Å². The van der Waals surface area contributed by atoms with E-state index < -0.39 is 39.6 Å². The average molecular weight is 627 g/mol. The van der Waals surface area contributed by atoms with Gasteiger partial charge in [-0.05, 0) is 74.3 Å². The molecule has 2 bridgehead atoms. The fourth-order valence-electron chi connectivity index (χ4n) is 6.74. The van der Waals surface area contributed by atoms with E-state index in [1.165, 1.54) is 12.1 Å². The number of alkyl halides is 2. The summed E-state index contributed by atoms with van der Waals surface area (Å²) in [5, 5.41) is 6.72. The molecule has 1 saturated carbocycles. The van der Waals surface area contributed by atoms with E-state index in [4.69, 9.17) is 17.3 Å². The van der Waals surface area contributed by atoms with E-state index >= 15 is 4.39 Å². The Hall–Kier alpha value is -2.18. The van der Waals surface area contributed by atoms with Crippen molar-refractivity contribution in [2.75, 3.05) is 24.2 Å². The molecule has 5 rings (SSSR count). The maximum absolute atomic E-state index is 15.1. The van der Waals surface area contributed by atoms with E-state index in [0.29, 0.717) is 31.0 Å². The van der Waals surface area contributed by atoms with Gasteiger partial charge in [0.15, 0.2) is 0 Å². The molecule has 2 aromatic carbocycles. The SMILES string of the molecule is N[C@H](C(=O)Nc1cccc(F)c1CCC1CNC2CCCS(=O)(=O)N1C2)[C@@H](c1ccc(Cl)cc1)C1CCC(F)(F)CC1. The van der Waals surface area contributed by atoms with Gasteiger partial charge < -0.3 is 16.4 Å². The number of piperazine rings is 1. The molecule has 3 unspecified atom stereocenters. The van der Waals surface area contributed by atoms with Crippen LogP contribution in [-0.2, 0) is 21.2 Å². The molecule has 2 heterocycles. The highest BCUT2D eigenvalue weighted by Crippen LogP contribution is 2.43. The first-order valence-corrected chi connectivity index (χ1v) is 16.6. The third-order valence-corrected chi connectivity index (χ3v) is 11.3. The van der Waals surface area contributed by atoms with Crippen molar-refractivity contribution in [3.8, 4) is 0 Å². The molecule has 230 valence electrons. The molecule has 3 fully saturated rings. The van der Waals surface area contributed by atoms with Gasteiger partial charge in [-0.3, -0.25) is 4.79 Å². The van der Waals surface area contributed by atoms with Gasteiger partial charge in [0.2, 0.25) is 21.9 Å². The highest BCUT2D eigenvalue weighted by molar-refractivity contribution is 7.89. The number of nitrogens with two attached hydrogens (primary N) is 1. The van der Waals surface area contributed by atoms with Gasteiger partial charge in [-0.1, -0.05) is 29.8 Å². The zero-order valence-corrected chi connectivity index (χ0v) is 24.9. The van der Waals surface area contributed by atoms with Crippen LogP contribution in [0.15, 0.2) is 42.5 Å². The third kappa shape index (κ3) is 7.13. The maximum atomic E-state index is 15.1. The van der Waals surface area contributed by atoms with Gasteiger partial charge in [0.1, 0.15) is 5.82 Å². The Labute approximate surface area is 250 Å². The van der Waals surface area contributed by atoms with Crippen molar-refractivity contribution in [1.82, 2.24) is 9.62 Å². The molecule has 2 saturated heterocycles. The van der Waals surface area contributed by atoms with Crippen LogP contribution in [0.3, 0.4) is 0 Å². The van der Waals surface area contributed by atoms with Crippen LogP contribution in [0.25, 0.3) is 0 Å². The molecule has 1 aliphatic carbocycles. The number of halogens is 4. The Morgan fingerprint density at radius 3 is 2.57 bits per heavy atom. The zero-order valence-electron chi connectivity index (χ0n) is 23.4. The van der Waals surface area contributed by atoms with Crippen molar-refractivity contribution >= 4 is 33.2 Å². The molecule has 1 amide bonds. The quantitative estimate of drug-likeness (QED) is 0.380. The third-order valence-electron chi connectivity index (χ3n) is 9.08. The normalized spacial score (nSPS) is 27.0. The van der Waals surface area contributed by atoms with Crippen molar-refractivity contribution in [3.63, 3.8) is 0 Å². The number of fused-ring (bicyclic) bond motifs is 2. The van der Waals surface area contributed by atoms with E-state index in [1.54, 1.807) is 34.6 Å². The Balaban J connectivity index is 1.33. The molecule has 3 aliphatic rings. The van der Waals surface area contributed by atoms with Gasteiger partial charge in [0, 0.05) is 60.2 Å². The number of nitrogens with one attached hydrogen (secondary N) is 2. The summed E-state index contributed by atoms with van der Waals surface area (Å²) in [6, 6.07) is 10.0. The monoisotopic (exact) mass is 626 g/mol. The van der Waals surface area contributed by atoms with E-state index in [-0.39, 0.29) is 67.1 Å². The Morgan fingerprint density at radius 2 is 1.86 bits per heavy atom. The highest BCUT2D eigenvalue weighted by atomic mass is 35.5. The Bertz CT molecular complexity index is 1370. The second kappa shape index (κ2) is 12.8. The topological polar surface area (TPSA) is 105 Å². The van der Waals surface area contributed by atoms with Crippen LogP contribution in [0.5, 0.6) is 0 Å². The van der Waals surface area contributed by atoms with Crippen LogP contribution in [0.1, 0.15) is 62.0 Å². The number of rotatable bonds is 8. The molecule has 0 aromatic heterocycles. The van der Waals surface area contributed by atoms with Crippen molar-refractivity contribution < 1.29 is 26.4 Å². The number of sulfonamides is 1. The van der Waals surface area contributed by atoms with Gasteiger partial charge >= 0.3 is 0 Å². The van der Waals surface area contributed by atoms with Crippen LogP contribution in [-0.4, -0.2) is 61.5 Å². The van der Waals surface area contributed by atoms with Gasteiger partial charge in [-0.15, -0.1) is 0 Å². The van der Waals surface area contributed by atoms with Crippen LogP contribution < -0.4 is 16.4 Å². The molecular weight excluding hydrogens is 589 g/mol.